The molecule has 182 valence electrons. The average molecular weight is 475 g/mol. The third-order valence-electron chi connectivity index (χ3n) is 6.10. The second kappa shape index (κ2) is 10.7. The molecule has 0 aliphatic carbocycles. The molecular weight excluding hydrogens is 444 g/mol. The van der Waals surface area contributed by atoms with E-state index in [1.165, 1.54) is 4.57 Å². The van der Waals surface area contributed by atoms with Gasteiger partial charge in [0.1, 0.15) is 17.6 Å². The number of methoxy groups -OCH3 is 1. The molecule has 0 saturated carbocycles. The van der Waals surface area contributed by atoms with E-state index in [4.69, 9.17) is 14.5 Å². The highest BCUT2D eigenvalue weighted by Gasteiger charge is 2.41. The lowest BCUT2D eigenvalue weighted by Crippen LogP contribution is -2.37. The highest BCUT2D eigenvalue weighted by Crippen LogP contribution is 2.45. The van der Waals surface area contributed by atoms with Gasteiger partial charge in [0.15, 0.2) is 0 Å². The van der Waals surface area contributed by atoms with Crippen molar-refractivity contribution in [3.8, 4) is 0 Å². The quantitative estimate of drug-likeness (QED) is 0.488. The van der Waals surface area contributed by atoms with Crippen LogP contribution in [0.3, 0.4) is 0 Å². The molecule has 0 spiro atoms. The van der Waals surface area contributed by atoms with Gasteiger partial charge in [-0.25, -0.2) is 9.79 Å². The summed E-state index contributed by atoms with van der Waals surface area (Å²) < 4.78 is 12.2. The van der Waals surface area contributed by atoms with E-state index in [9.17, 15) is 9.59 Å². The molecule has 2 atom stereocenters. The van der Waals surface area contributed by atoms with Crippen molar-refractivity contribution in [1.29, 1.82) is 0 Å². The summed E-state index contributed by atoms with van der Waals surface area (Å²) in [6.45, 7) is 6.47. The lowest BCUT2D eigenvalue weighted by Gasteiger charge is -2.33. The Morgan fingerprint density at radius 1 is 1.09 bits per heavy atom. The number of carbonyl (C=O) groups is 1. The zero-order valence-electron chi connectivity index (χ0n) is 20.4. The van der Waals surface area contributed by atoms with E-state index in [1.807, 2.05) is 61.5 Å². The lowest BCUT2D eigenvalue weighted by molar-refractivity contribution is -0.146. The Kier molecular flexibility index (Phi) is 7.41. The van der Waals surface area contributed by atoms with E-state index in [-0.39, 0.29) is 19.1 Å². The minimum atomic E-state index is -0.654. The first-order chi connectivity index (χ1) is 16.9. The summed E-state index contributed by atoms with van der Waals surface area (Å²) in [4.78, 5) is 35.5. The molecule has 2 aromatic carbocycles. The Labute approximate surface area is 204 Å². The van der Waals surface area contributed by atoms with Crippen LogP contribution in [0.1, 0.15) is 36.5 Å². The first-order valence-corrected chi connectivity index (χ1v) is 11.7. The Morgan fingerprint density at radius 3 is 2.46 bits per heavy atom. The van der Waals surface area contributed by atoms with Gasteiger partial charge in [0.25, 0.3) is 0 Å². The van der Waals surface area contributed by atoms with Gasteiger partial charge in [0.05, 0.1) is 19.8 Å². The van der Waals surface area contributed by atoms with Gasteiger partial charge in [-0.05, 0) is 38.5 Å². The van der Waals surface area contributed by atoms with Crippen molar-refractivity contribution in [3.05, 3.63) is 81.8 Å². The molecule has 2 heterocycles. The van der Waals surface area contributed by atoms with Gasteiger partial charge in [-0.2, -0.15) is 4.98 Å². The molecule has 0 amide bonds. The van der Waals surface area contributed by atoms with Crippen molar-refractivity contribution in [1.82, 2.24) is 9.55 Å². The van der Waals surface area contributed by atoms with E-state index in [0.717, 1.165) is 16.8 Å². The van der Waals surface area contributed by atoms with Crippen LogP contribution in [-0.2, 0) is 20.8 Å². The fourth-order valence-corrected chi connectivity index (χ4v) is 4.42. The zero-order valence-corrected chi connectivity index (χ0v) is 20.4. The number of aryl methyl sites for hydroxylation is 1. The van der Waals surface area contributed by atoms with Crippen LogP contribution in [0, 0.1) is 12.8 Å². The third kappa shape index (κ3) is 5.02. The Balaban J connectivity index is 1.98. The molecule has 1 aliphatic rings. The van der Waals surface area contributed by atoms with Crippen molar-refractivity contribution in [2.45, 2.75) is 33.2 Å². The minimum absolute atomic E-state index is 0.261. The second-order valence-corrected chi connectivity index (χ2v) is 8.49. The molecule has 1 aromatic heterocycles. The summed E-state index contributed by atoms with van der Waals surface area (Å²) in [5.41, 5.74) is 3.63. The normalized spacial score (nSPS) is 16.9. The van der Waals surface area contributed by atoms with Crippen molar-refractivity contribution < 1.29 is 14.3 Å². The molecule has 3 aromatic rings. The van der Waals surface area contributed by atoms with Gasteiger partial charge in [-0.15, -0.1) is 0 Å². The lowest BCUT2D eigenvalue weighted by atomic mass is 9.76. The standard InChI is InChI=1S/C27H30N4O4/c1-5-35-26(32)21-18(3)28-25-23(22(21)19-9-7-6-8-10-19)24(29-20-13-11-17(2)12-14-20)30-27(33)31(25)15-16-34-4/h6-14,21-22H,5,15-16H2,1-4H3,(H,29,30,33). The predicted octanol–water partition coefficient (Wildman–Crippen LogP) is 4.36. The highest BCUT2D eigenvalue weighted by atomic mass is 16.5. The number of carbonyl (C=O) groups excluding carboxylic acids is 1. The number of esters is 1. The summed E-state index contributed by atoms with van der Waals surface area (Å²) in [6.07, 6.45) is 0. The number of nitrogens with one attached hydrogen (secondary N) is 1. The van der Waals surface area contributed by atoms with E-state index in [2.05, 4.69) is 10.3 Å². The highest BCUT2D eigenvalue weighted by molar-refractivity contribution is 6.05. The monoisotopic (exact) mass is 474 g/mol. The summed E-state index contributed by atoms with van der Waals surface area (Å²) >= 11 is 0. The molecule has 1 N–H and O–H groups in total. The van der Waals surface area contributed by atoms with Gasteiger partial charge < -0.3 is 14.8 Å². The summed E-state index contributed by atoms with van der Waals surface area (Å²) in [6, 6.07) is 17.5. The Morgan fingerprint density at radius 2 is 1.80 bits per heavy atom. The van der Waals surface area contributed by atoms with Crippen LogP contribution in [0.25, 0.3) is 0 Å². The second-order valence-electron chi connectivity index (χ2n) is 8.49. The summed E-state index contributed by atoms with van der Waals surface area (Å²) in [5, 5.41) is 3.31. The smallest absolute Gasteiger partial charge is 0.351 e. The maximum absolute atomic E-state index is 13.2. The molecule has 35 heavy (non-hydrogen) atoms. The van der Waals surface area contributed by atoms with Gasteiger partial charge >= 0.3 is 11.7 Å². The first-order valence-electron chi connectivity index (χ1n) is 11.7. The van der Waals surface area contributed by atoms with Crippen LogP contribution < -0.4 is 11.0 Å². The third-order valence-corrected chi connectivity index (χ3v) is 6.10. The number of fused-ring (bicyclic) bond motifs is 1. The van der Waals surface area contributed by atoms with Crippen LogP contribution >= 0.6 is 0 Å². The molecule has 4 rings (SSSR count). The van der Waals surface area contributed by atoms with Crippen molar-refractivity contribution in [2.24, 2.45) is 10.9 Å². The fourth-order valence-electron chi connectivity index (χ4n) is 4.42. The zero-order chi connectivity index (χ0) is 24.9. The van der Waals surface area contributed by atoms with Gasteiger partial charge in [-0.3, -0.25) is 9.36 Å². The Hall–Kier alpha value is -3.78. The molecular formula is C27H30N4O4. The number of hydrogen-bond acceptors (Lipinski definition) is 7. The predicted molar refractivity (Wildman–Crippen MR) is 136 cm³/mol. The van der Waals surface area contributed by atoms with Crippen molar-refractivity contribution in [3.63, 3.8) is 0 Å². The number of aromatic nitrogens is 2. The number of rotatable bonds is 8. The number of aliphatic imine (C=N–C) groups is 1. The molecule has 0 saturated heterocycles. The number of hydrogen-bond donors (Lipinski definition) is 1. The summed E-state index contributed by atoms with van der Waals surface area (Å²) in [7, 11) is 1.58. The van der Waals surface area contributed by atoms with Gasteiger partial charge in [-0.1, -0.05) is 48.0 Å². The van der Waals surface area contributed by atoms with Crippen LogP contribution in [-0.4, -0.2) is 41.6 Å². The number of anilines is 2. The molecule has 0 radical (unpaired) electrons. The van der Waals surface area contributed by atoms with Gasteiger partial charge in [0.2, 0.25) is 0 Å². The van der Waals surface area contributed by atoms with Gasteiger partial charge in [0, 0.05) is 30.0 Å². The molecule has 0 fully saturated rings. The summed E-state index contributed by atoms with van der Waals surface area (Å²) in [5.74, 6) is -0.606. The molecule has 2 unspecified atom stereocenters. The molecule has 8 nitrogen and oxygen atoms in total. The van der Waals surface area contributed by atoms with Crippen molar-refractivity contribution >= 4 is 29.0 Å². The molecule has 1 aliphatic heterocycles. The minimum Gasteiger partial charge on any atom is -0.465 e. The van der Waals surface area contributed by atoms with Crippen molar-refractivity contribution in [2.75, 3.05) is 25.6 Å². The number of ether oxygens (including phenoxy) is 2. The molecule has 8 heteroatoms. The van der Waals surface area contributed by atoms with E-state index in [1.54, 1.807) is 21.0 Å². The maximum Gasteiger partial charge on any atom is 0.351 e. The SMILES string of the molecule is CCOC(=O)C1C(C)=Nc2c(c(Nc3ccc(C)cc3)nc(=O)n2CCOC)C1c1ccccc1. The van der Waals surface area contributed by atoms with Crippen LogP contribution in [0.5, 0.6) is 0 Å². The van der Waals surface area contributed by atoms with E-state index < -0.39 is 17.5 Å². The molecule has 0 bridgehead atoms. The first kappa shape index (κ1) is 24.3. The maximum atomic E-state index is 13.2. The largest absolute Gasteiger partial charge is 0.465 e. The number of benzene rings is 2. The van der Waals surface area contributed by atoms with Crippen LogP contribution in [0.2, 0.25) is 0 Å². The average Bonchev–Trinajstić information content (AvgIpc) is 2.85. The Bertz CT molecular complexity index is 1280. The number of nitrogens with zero attached hydrogens (tertiary/aromatic N) is 3. The fraction of sp³-hybridized carbons (Fsp3) is 0.333. The topological polar surface area (TPSA) is 94.8 Å². The van der Waals surface area contributed by atoms with Crippen LogP contribution in [0.4, 0.5) is 17.3 Å². The van der Waals surface area contributed by atoms with Crippen LogP contribution in [0.15, 0.2) is 64.4 Å². The van der Waals surface area contributed by atoms with E-state index >= 15 is 0 Å². The van der Waals surface area contributed by atoms with E-state index in [0.29, 0.717) is 29.5 Å².